The van der Waals surface area contributed by atoms with Gasteiger partial charge in [0.2, 0.25) is 17.6 Å². The van der Waals surface area contributed by atoms with E-state index in [1.54, 1.807) is 0 Å². The Hall–Kier alpha value is -1.72. The van der Waals surface area contributed by atoms with Crippen molar-refractivity contribution in [2.45, 2.75) is 65.5 Å². The highest BCUT2D eigenvalue weighted by Gasteiger charge is 2.35. The molecule has 1 aliphatic heterocycles. The van der Waals surface area contributed by atoms with Crippen molar-refractivity contribution in [3.63, 3.8) is 0 Å². The van der Waals surface area contributed by atoms with Gasteiger partial charge in [0.1, 0.15) is 6.04 Å². The largest absolute Gasteiger partial charge is 0.344 e. The minimum Gasteiger partial charge on any atom is -0.344 e. The summed E-state index contributed by atoms with van der Waals surface area (Å²) in [4.78, 5) is 48.8. The first kappa shape index (κ1) is 18.3. The van der Waals surface area contributed by atoms with Gasteiger partial charge in [-0.25, -0.2) is 0 Å². The van der Waals surface area contributed by atoms with Crippen LogP contribution in [0.25, 0.3) is 0 Å². The van der Waals surface area contributed by atoms with Crippen molar-refractivity contribution in [3.8, 4) is 0 Å². The Labute approximate surface area is 131 Å². The number of rotatable bonds is 7. The molecule has 0 aliphatic carbocycles. The number of hydrogen-bond acceptors (Lipinski definition) is 4. The summed E-state index contributed by atoms with van der Waals surface area (Å²) in [6, 6.07) is -1.33. The van der Waals surface area contributed by atoms with Gasteiger partial charge in [-0.3, -0.25) is 19.2 Å². The maximum Gasteiger partial charge on any atom is 0.243 e. The van der Waals surface area contributed by atoms with Gasteiger partial charge in [0.05, 0.1) is 6.04 Å². The van der Waals surface area contributed by atoms with Crippen LogP contribution in [-0.2, 0) is 19.2 Å². The Kier molecular flexibility index (Phi) is 6.71. The van der Waals surface area contributed by atoms with Crippen LogP contribution in [0.4, 0.5) is 0 Å². The van der Waals surface area contributed by atoms with E-state index in [2.05, 4.69) is 5.32 Å². The number of amides is 2. The average Bonchev–Trinajstić information content (AvgIpc) is 2.94. The smallest absolute Gasteiger partial charge is 0.243 e. The zero-order valence-corrected chi connectivity index (χ0v) is 13.8. The fourth-order valence-corrected chi connectivity index (χ4v) is 2.73. The summed E-state index contributed by atoms with van der Waals surface area (Å²) in [5.41, 5.74) is 0. The predicted octanol–water partition coefficient (Wildman–Crippen LogP) is 1.08. The molecular formula is C16H26N2O4. The first-order valence-corrected chi connectivity index (χ1v) is 7.90. The molecule has 1 fully saturated rings. The number of Topliss-reactive ketones (excluding diaryl/α,β-unsaturated/α-hetero) is 2. The van der Waals surface area contributed by atoms with Crippen LogP contribution in [0.2, 0.25) is 0 Å². The molecule has 3 atom stereocenters. The summed E-state index contributed by atoms with van der Waals surface area (Å²) in [5.74, 6) is -1.38. The monoisotopic (exact) mass is 310 g/mol. The summed E-state index contributed by atoms with van der Waals surface area (Å²) < 4.78 is 0. The summed E-state index contributed by atoms with van der Waals surface area (Å²) in [6.45, 7) is 7.18. The molecule has 6 heteroatoms. The van der Waals surface area contributed by atoms with Gasteiger partial charge in [-0.1, -0.05) is 20.3 Å². The van der Waals surface area contributed by atoms with Crippen molar-refractivity contribution in [2.75, 3.05) is 6.54 Å². The summed E-state index contributed by atoms with van der Waals surface area (Å²) in [7, 11) is 0. The van der Waals surface area contributed by atoms with Crippen molar-refractivity contribution in [1.82, 2.24) is 10.2 Å². The highest BCUT2D eigenvalue weighted by Crippen LogP contribution is 2.18. The minimum absolute atomic E-state index is 0.144. The van der Waals surface area contributed by atoms with Gasteiger partial charge in [0.15, 0.2) is 5.78 Å². The summed E-state index contributed by atoms with van der Waals surface area (Å²) >= 11 is 0. The van der Waals surface area contributed by atoms with Crippen LogP contribution in [0.1, 0.15) is 53.4 Å². The van der Waals surface area contributed by atoms with Crippen molar-refractivity contribution < 1.29 is 19.2 Å². The van der Waals surface area contributed by atoms with E-state index >= 15 is 0 Å². The van der Waals surface area contributed by atoms with Crippen molar-refractivity contribution in [1.29, 1.82) is 0 Å². The number of likely N-dealkylation sites (tertiary alicyclic amines) is 1. The third kappa shape index (κ3) is 4.64. The van der Waals surface area contributed by atoms with Crippen molar-refractivity contribution in [3.05, 3.63) is 0 Å². The maximum atomic E-state index is 12.4. The van der Waals surface area contributed by atoms with E-state index in [-0.39, 0.29) is 17.7 Å². The standard InChI is InChI=1S/C16H26N2O4/c1-5-10(2)9-13(15(21)11(3)19)17-16(22)14-7-6-8-18(14)12(4)20/h10,13-14H,5-9H2,1-4H3,(H,17,22)/t10?,13?,14-/m0/s1. The first-order valence-electron chi connectivity index (χ1n) is 7.90. The molecule has 124 valence electrons. The van der Waals surface area contributed by atoms with E-state index in [0.29, 0.717) is 19.4 Å². The molecule has 0 aromatic rings. The first-order chi connectivity index (χ1) is 10.3. The van der Waals surface area contributed by atoms with Crippen LogP contribution in [0, 0.1) is 5.92 Å². The second-order valence-corrected chi connectivity index (χ2v) is 6.10. The zero-order chi connectivity index (χ0) is 16.9. The molecule has 2 unspecified atom stereocenters. The van der Waals surface area contributed by atoms with Crippen LogP contribution in [0.5, 0.6) is 0 Å². The number of carbonyl (C=O) groups excluding carboxylic acids is 4. The van der Waals surface area contributed by atoms with Gasteiger partial charge in [0.25, 0.3) is 0 Å². The Morgan fingerprint density at radius 1 is 1.23 bits per heavy atom. The molecular weight excluding hydrogens is 284 g/mol. The van der Waals surface area contributed by atoms with E-state index < -0.39 is 23.7 Å². The summed E-state index contributed by atoms with van der Waals surface area (Å²) in [5, 5.41) is 2.69. The zero-order valence-electron chi connectivity index (χ0n) is 13.8. The Bertz CT molecular complexity index is 461. The second-order valence-electron chi connectivity index (χ2n) is 6.10. The number of nitrogens with zero attached hydrogens (tertiary/aromatic N) is 1. The molecule has 0 saturated carbocycles. The molecule has 1 heterocycles. The average molecular weight is 310 g/mol. The molecule has 1 saturated heterocycles. The molecule has 1 N–H and O–H groups in total. The number of hydrogen-bond donors (Lipinski definition) is 1. The molecule has 0 aromatic heterocycles. The second kappa shape index (κ2) is 8.06. The van der Waals surface area contributed by atoms with Crippen LogP contribution in [0.15, 0.2) is 0 Å². The molecule has 1 aliphatic rings. The number of ketones is 2. The van der Waals surface area contributed by atoms with E-state index in [1.165, 1.54) is 18.7 Å². The van der Waals surface area contributed by atoms with Gasteiger partial charge in [-0.2, -0.15) is 0 Å². The van der Waals surface area contributed by atoms with Gasteiger partial charge in [-0.05, 0) is 25.2 Å². The maximum absolute atomic E-state index is 12.4. The third-order valence-corrected chi connectivity index (χ3v) is 4.27. The van der Waals surface area contributed by atoms with E-state index in [0.717, 1.165) is 12.8 Å². The molecule has 2 amide bonds. The fraction of sp³-hybridized carbons (Fsp3) is 0.750. The van der Waals surface area contributed by atoms with Crippen LogP contribution in [-0.4, -0.2) is 46.9 Å². The number of carbonyl (C=O) groups is 4. The van der Waals surface area contributed by atoms with E-state index in [4.69, 9.17) is 0 Å². The minimum atomic E-state index is -0.797. The van der Waals surface area contributed by atoms with E-state index in [1.807, 2.05) is 13.8 Å². The van der Waals surface area contributed by atoms with Crippen LogP contribution < -0.4 is 5.32 Å². The molecule has 6 nitrogen and oxygen atoms in total. The summed E-state index contributed by atoms with van der Waals surface area (Å²) in [6.07, 6.45) is 2.66. The molecule has 1 rings (SSSR count). The fourth-order valence-electron chi connectivity index (χ4n) is 2.73. The normalized spacial score (nSPS) is 20.4. The lowest BCUT2D eigenvalue weighted by atomic mass is 9.95. The Balaban J connectivity index is 2.79. The molecule has 22 heavy (non-hydrogen) atoms. The van der Waals surface area contributed by atoms with Gasteiger partial charge < -0.3 is 10.2 Å². The highest BCUT2D eigenvalue weighted by molar-refractivity contribution is 6.38. The van der Waals surface area contributed by atoms with Gasteiger partial charge >= 0.3 is 0 Å². The van der Waals surface area contributed by atoms with Gasteiger partial charge in [-0.15, -0.1) is 0 Å². The molecule has 0 bridgehead atoms. The van der Waals surface area contributed by atoms with E-state index in [9.17, 15) is 19.2 Å². The molecule has 0 spiro atoms. The predicted molar refractivity (Wildman–Crippen MR) is 82.1 cm³/mol. The quantitative estimate of drug-likeness (QED) is 0.713. The topological polar surface area (TPSA) is 83.6 Å². The molecule has 0 aromatic carbocycles. The highest BCUT2D eigenvalue weighted by atomic mass is 16.2. The van der Waals surface area contributed by atoms with Crippen LogP contribution in [0.3, 0.4) is 0 Å². The third-order valence-electron chi connectivity index (χ3n) is 4.27. The number of nitrogens with one attached hydrogen (secondary N) is 1. The lowest BCUT2D eigenvalue weighted by molar-refractivity contribution is -0.140. The lowest BCUT2D eigenvalue weighted by Gasteiger charge is -2.26. The van der Waals surface area contributed by atoms with Crippen LogP contribution >= 0.6 is 0 Å². The lowest BCUT2D eigenvalue weighted by Crippen LogP contribution is -2.51. The Morgan fingerprint density at radius 3 is 2.36 bits per heavy atom. The molecule has 0 radical (unpaired) electrons. The van der Waals surface area contributed by atoms with Crippen molar-refractivity contribution in [2.24, 2.45) is 5.92 Å². The Morgan fingerprint density at radius 2 is 1.86 bits per heavy atom. The van der Waals surface area contributed by atoms with Gasteiger partial charge in [0, 0.05) is 20.4 Å². The SMILES string of the molecule is CCC(C)CC(NC(=O)[C@@H]1CCCN1C(C)=O)C(=O)C(C)=O. The van der Waals surface area contributed by atoms with Crippen molar-refractivity contribution >= 4 is 23.4 Å².